The van der Waals surface area contributed by atoms with Crippen molar-refractivity contribution in [3.8, 4) is 5.75 Å². The standard InChI is InChI=1S/C17H31N3O/c1-4-6-7-13-8-10-14(11-9-13)16(18)17-15(21-3)12-19-20(17)5-2/h12-14,16H,4-11,18H2,1-3H3. The molecule has 1 aromatic rings. The van der Waals surface area contributed by atoms with Gasteiger partial charge in [-0.15, -0.1) is 0 Å². The van der Waals surface area contributed by atoms with Gasteiger partial charge in [-0.3, -0.25) is 4.68 Å². The van der Waals surface area contributed by atoms with Crippen molar-refractivity contribution in [3.05, 3.63) is 11.9 Å². The Morgan fingerprint density at radius 3 is 2.62 bits per heavy atom. The Bertz CT molecular complexity index is 400. The van der Waals surface area contributed by atoms with Crippen LogP contribution in [-0.2, 0) is 6.54 Å². The lowest BCUT2D eigenvalue weighted by Gasteiger charge is -2.32. The molecule has 0 aliphatic heterocycles. The molecule has 1 aromatic heterocycles. The molecule has 1 fully saturated rings. The van der Waals surface area contributed by atoms with E-state index in [-0.39, 0.29) is 6.04 Å². The molecule has 1 unspecified atom stereocenters. The molecule has 1 saturated carbocycles. The van der Waals surface area contributed by atoms with E-state index in [2.05, 4.69) is 18.9 Å². The summed E-state index contributed by atoms with van der Waals surface area (Å²) in [5.74, 6) is 2.34. The van der Waals surface area contributed by atoms with E-state index in [1.165, 1.54) is 44.9 Å². The van der Waals surface area contributed by atoms with Gasteiger partial charge in [0.2, 0.25) is 0 Å². The van der Waals surface area contributed by atoms with Crippen molar-refractivity contribution in [2.24, 2.45) is 17.6 Å². The molecule has 2 N–H and O–H groups in total. The van der Waals surface area contributed by atoms with Gasteiger partial charge in [-0.05, 0) is 31.6 Å². The number of aryl methyl sites for hydroxylation is 1. The number of methoxy groups -OCH3 is 1. The third kappa shape index (κ3) is 3.79. The largest absolute Gasteiger partial charge is 0.493 e. The normalized spacial score (nSPS) is 24.0. The summed E-state index contributed by atoms with van der Waals surface area (Å²) in [5, 5.41) is 4.39. The molecule has 21 heavy (non-hydrogen) atoms. The number of nitrogens with zero attached hydrogens (tertiary/aromatic N) is 2. The molecule has 1 heterocycles. The Balaban J connectivity index is 1.98. The summed E-state index contributed by atoms with van der Waals surface area (Å²) in [6, 6.07) is 0.0505. The maximum Gasteiger partial charge on any atom is 0.161 e. The van der Waals surface area contributed by atoms with Crippen molar-refractivity contribution in [2.45, 2.75) is 71.4 Å². The summed E-state index contributed by atoms with van der Waals surface area (Å²) in [6.07, 6.45) is 11.0. The van der Waals surface area contributed by atoms with Gasteiger partial charge in [0.15, 0.2) is 5.75 Å². The first-order valence-electron chi connectivity index (χ1n) is 8.56. The van der Waals surface area contributed by atoms with Gasteiger partial charge in [-0.1, -0.05) is 39.0 Å². The second kappa shape index (κ2) is 7.83. The molecule has 0 bridgehead atoms. The second-order valence-corrected chi connectivity index (χ2v) is 6.36. The molecular formula is C17H31N3O. The third-order valence-electron chi connectivity index (χ3n) is 5.05. The fourth-order valence-electron chi connectivity index (χ4n) is 3.68. The minimum atomic E-state index is 0.0505. The summed E-state index contributed by atoms with van der Waals surface area (Å²) in [7, 11) is 1.70. The Kier molecular flexibility index (Phi) is 6.09. The summed E-state index contributed by atoms with van der Waals surface area (Å²) in [5.41, 5.74) is 7.65. The molecule has 4 heteroatoms. The van der Waals surface area contributed by atoms with Crippen LogP contribution in [0.2, 0.25) is 0 Å². The van der Waals surface area contributed by atoms with Gasteiger partial charge in [-0.2, -0.15) is 5.10 Å². The van der Waals surface area contributed by atoms with Crippen LogP contribution in [0, 0.1) is 11.8 Å². The Morgan fingerprint density at radius 1 is 1.33 bits per heavy atom. The number of nitrogens with two attached hydrogens (primary N) is 1. The fraction of sp³-hybridized carbons (Fsp3) is 0.824. The van der Waals surface area contributed by atoms with Gasteiger partial charge in [-0.25, -0.2) is 0 Å². The van der Waals surface area contributed by atoms with Gasteiger partial charge >= 0.3 is 0 Å². The molecule has 0 radical (unpaired) electrons. The summed E-state index contributed by atoms with van der Waals surface area (Å²) in [6.45, 7) is 5.22. The first kappa shape index (κ1) is 16.3. The third-order valence-corrected chi connectivity index (χ3v) is 5.05. The number of hydrogen-bond donors (Lipinski definition) is 1. The molecular weight excluding hydrogens is 262 g/mol. The predicted molar refractivity (Wildman–Crippen MR) is 86.4 cm³/mol. The lowest BCUT2D eigenvalue weighted by atomic mass is 9.76. The van der Waals surface area contributed by atoms with Gasteiger partial charge < -0.3 is 10.5 Å². The molecule has 0 aromatic carbocycles. The fourth-order valence-corrected chi connectivity index (χ4v) is 3.68. The maximum absolute atomic E-state index is 6.57. The Hall–Kier alpha value is -1.03. The van der Waals surface area contributed by atoms with Crippen molar-refractivity contribution in [2.75, 3.05) is 7.11 Å². The van der Waals surface area contributed by atoms with Crippen LogP contribution in [0.25, 0.3) is 0 Å². The first-order valence-corrected chi connectivity index (χ1v) is 8.56. The Labute approximate surface area is 129 Å². The van der Waals surface area contributed by atoms with E-state index in [1.807, 2.05) is 4.68 Å². The molecule has 0 saturated heterocycles. The second-order valence-electron chi connectivity index (χ2n) is 6.36. The van der Waals surface area contributed by atoms with E-state index < -0.39 is 0 Å². The maximum atomic E-state index is 6.57. The average Bonchev–Trinajstić information content (AvgIpc) is 2.95. The minimum absolute atomic E-state index is 0.0505. The Morgan fingerprint density at radius 2 is 2.05 bits per heavy atom. The van der Waals surface area contributed by atoms with Crippen LogP contribution in [0.4, 0.5) is 0 Å². The van der Waals surface area contributed by atoms with Crippen molar-refractivity contribution in [1.82, 2.24) is 9.78 Å². The average molecular weight is 293 g/mol. The van der Waals surface area contributed by atoms with Crippen molar-refractivity contribution < 1.29 is 4.74 Å². The summed E-state index contributed by atoms with van der Waals surface area (Å²) in [4.78, 5) is 0. The minimum Gasteiger partial charge on any atom is -0.493 e. The quantitative estimate of drug-likeness (QED) is 0.829. The molecule has 1 atom stereocenters. The molecule has 4 nitrogen and oxygen atoms in total. The number of hydrogen-bond acceptors (Lipinski definition) is 3. The van der Waals surface area contributed by atoms with Gasteiger partial charge in [0.1, 0.15) is 0 Å². The van der Waals surface area contributed by atoms with E-state index in [4.69, 9.17) is 10.5 Å². The SMILES string of the molecule is CCCCC1CCC(C(N)c2c(OC)cnn2CC)CC1. The first-order chi connectivity index (χ1) is 10.2. The highest BCUT2D eigenvalue weighted by molar-refractivity contribution is 5.28. The predicted octanol–water partition coefficient (Wildman–Crippen LogP) is 3.91. The van der Waals surface area contributed by atoms with Crippen LogP contribution < -0.4 is 10.5 Å². The van der Waals surface area contributed by atoms with E-state index in [9.17, 15) is 0 Å². The zero-order chi connectivity index (χ0) is 15.2. The van der Waals surface area contributed by atoms with E-state index in [0.717, 1.165) is 23.9 Å². The van der Waals surface area contributed by atoms with Crippen LogP contribution in [0.5, 0.6) is 5.75 Å². The van der Waals surface area contributed by atoms with Crippen LogP contribution in [0.1, 0.15) is 70.5 Å². The summed E-state index contributed by atoms with van der Waals surface area (Å²) >= 11 is 0. The highest BCUT2D eigenvalue weighted by Crippen LogP contribution is 2.39. The number of unbranched alkanes of at least 4 members (excludes halogenated alkanes) is 1. The lowest BCUT2D eigenvalue weighted by Crippen LogP contribution is -2.28. The zero-order valence-electron chi connectivity index (χ0n) is 13.8. The van der Waals surface area contributed by atoms with Crippen molar-refractivity contribution in [1.29, 1.82) is 0 Å². The molecule has 2 rings (SSSR count). The number of aromatic nitrogens is 2. The topological polar surface area (TPSA) is 53.1 Å². The van der Waals surface area contributed by atoms with Crippen LogP contribution >= 0.6 is 0 Å². The van der Waals surface area contributed by atoms with Gasteiger partial charge in [0.05, 0.1) is 25.0 Å². The molecule has 0 spiro atoms. The zero-order valence-corrected chi connectivity index (χ0v) is 13.8. The molecule has 1 aliphatic carbocycles. The van der Waals surface area contributed by atoms with E-state index in [1.54, 1.807) is 13.3 Å². The summed E-state index contributed by atoms with van der Waals surface area (Å²) < 4.78 is 7.44. The van der Waals surface area contributed by atoms with Crippen LogP contribution in [0.15, 0.2) is 6.20 Å². The monoisotopic (exact) mass is 293 g/mol. The van der Waals surface area contributed by atoms with Crippen LogP contribution in [0.3, 0.4) is 0 Å². The van der Waals surface area contributed by atoms with Crippen LogP contribution in [-0.4, -0.2) is 16.9 Å². The lowest BCUT2D eigenvalue weighted by molar-refractivity contribution is 0.225. The number of ether oxygens (including phenoxy) is 1. The molecule has 0 amide bonds. The molecule has 120 valence electrons. The van der Waals surface area contributed by atoms with Gasteiger partial charge in [0.25, 0.3) is 0 Å². The number of rotatable bonds is 7. The highest BCUT2D eigenvalue weighted by atomic mass is 16.5. The van der Waals surface area contributed by atoms with Crippen molar-refractivity contribution in [3.63, 3.8) is 0 Å². The smallest absolute Gasteiger partial charge is 0.161 e. The van der Waals surface area contributed by atoms with E-state index >= 15 is 0 Å². The highest BCUT2D eigenvalue weighted by Gasteiger charge is 2.30. The molecule has 1 aliphatic rings. The van der Waals surface area contributed by atoms with E-state index in [0.29, 0.717) is 5.92 Å². The van der Waals surface area contributed by atoms with Crippen molar-refractivity contribution >= 4 is 0 Å². The van der Waals surface area contributed by atoms with Gasteiger partial charge in [0, 0.05) is 6.54 Å².